The number of halogens is 1. The van der Waals surface area contributed by atoms with Crippen molar-refractivity contribution in [3.05, 3.63) is 59.0 Å². The molecule has 22 heavy (non-hydrogen) atoms. The predicted molar refractivity (Wildman–Crippen MR) is 81.3 cm³/mol. The van der Waals surface area contributed by atoms with Gasteiger partial charge in [0.15, 0.2) is 17.3 Å². The number of benzene rings is 1. The quantitative estimate of drug-likeness (QED) is 0.803. The lowest BCUT2D eigenvalue weighted by molar-refractivity contribution is 0.0690. The molecule has 1 N–H and O–H groups in total. The Kier molecular flexibility index (Phi) is 3.60. The van der Waals surface area contributed by atoms with Gasteiger partial charge in [0.2, 0.25) is 0 Å². The summed E-state index contributed by atoms with van der Waals surface area (Å²) in [7, 11) is 0. The lowest BCUT2D eigenvalue weighted by Gasteiger charge is -2.06. The minimum absolute atomic E-state index is 0.0411. The molecular weight excluding hydrogens is 304 g/mol. The van der Waals surface area contributed by atoms with E-state index in [0.29, 0.717) is 16.7 Å². The largest absolute Gasteiger partial charge is 0.476 e. The third-order valence-corrected chi connectivity index (χ3v) is 3.20. The number of rotatable bonds is 3. The smallest absolute Gasteiger partial charge is 0.356 e. The first-order chi connectivity index (χ1) is 10.5. The van der Waals surface area contributed by atoms with Crippen LogP contribution in [0.4, 0.5) is 0 Å². The Bertz CT molecular complexity index is 860. The van der Waals surface area contributed by atoms with Gasteiger partial charge in [0, 0.05) is 28.5 Å². The topological polar surface area (TPSA) is 80.9 Å². The maximum Gasteiger partial charge on any atom is 0.356 e. The predicted octanol–water partition coefficient (Wildman–Crippen LogP) is 2.99. The molecule has 110 valence electrons. The molecule has 6 nitrogen and oxygen atoms in total. The molecule has 0 fully saturated rings. The lowest BCUT2D eigenvalue weighted by Crippen LogP contribution is -2.05. The van der Waals surface area contributed by atoms with Crippen LogP contribution in [0, 0.1) is 6.92 Å². The fourth-order valence-electron chi connectivity index (χ4n) is 1.99. The third-order valence-electron chi connectivity index (χ3n) is 2.97. The van der Waals surface area contributed by atoms with Gasteiger partial charge in [-0.25, -0.2) is 19.4 Å². The first-order valence-corrected chi connectivity index (χ1v) is 6.82. The van der Waals surface area contributed by atoms with Crippen molar-refractivity contribution < 1.29 is 9.90 Å². The van der Waals surface area contributed by atoms with Crippen LogP contribution in [0.5, 0.6) is 0 Å². The van der Waals surface area contributed by atoms with E-state index in [0.717, 1.165) is 11.3 Å². The highest BCUT2D eigenvalue weighted by Gasteiger charge is 2.11. The molecular formula is C15H11ClN4O2. The normalized spacial score (nSPS) is 10.6. The number of aromatic carboxylic acids is 1. The molecule has 0 bridgehead atoms. The van der Waals surface area contributed by atoms with E-state index >= 15 is 0 Å². The van der Waals surface area contributed by atoms with Gasteiger partial charge >= 0.3 is 5.97 Å². The van der Waals surface area contributed by atoms with E-state index in [9.17, 15) is 4.79 Å². The van der Waals surface area contributed by atoms with Crippen molar-refractivity contribution in [3.8, 4) is 17.2 Å². The average Bonchev–Trinajstić information content (AvgIpc) is 2.97. The Morgan fingerprint density at radius 2 is 2.05 bits per heavy atom. The van der Waals surface area contributed by atoms with Crippen LogP contribution in [0.3, 0.4) is 0 Å². The third kappa shape index (κ3) is 2.82. The first-order valence-electron chi connectivity index (χ1n) is 6.44. The molecule has 3 aromatic rings. The van der Waals surface area contributed by atoms with E-state index in [1.807, 2.05) is 19.1 Å². The zero-order valence-corrected chi connectivity index (χ0v) is 12.3. The van der Waals surface area contributed by atoms with Crippen LogP contribution in [0.15, 0.2) is 42.6 Å². The molecule has 0 aliphatic carbocycles. The number of carboxylic acid groups (broad SMARTS) is 1. The summed E-state index contributed by atoms with van der Waals surface area (Å²) in [5, 5.41) is 13.5. The van der Waals surface area contributed by atoms with Crippen LogP contribution in [0.25, 0.3) is 17.2 Å². The van der Waals surface area contributed by atoms with Crippen LogP contribution < -0.4 is 0 Å². The summed E-state index contributed by atoms with van der Waals surface area (Å²) in [6.45, 7) is 1.83. The average molecular weight is 315 g/mol. The van der Waals surface area contributed by atoms with E-state index in [2.05, 4.69) is 15.1 Å². The Balaban J connectivity index is 2.08. The SMILES string of the molecule is Cc1cc(-n2ccc(C(=O)O)n2)nc(-c2cccc(Cl)c2)n1. The van der Waals surface area contributed by atoms with Crippen LogP contribution in [-0.4, -0.2) is 30.8 Å². The summed E-state index contributed by atoms with van der Waals surface area (Å²) < 4.78 is 1.41. The van der Waals surface area contributed by atoms with Gasteiger partial charge in [-0.15, -0.1) is 0 Å². The summed E-state index contributed by atoms with van der Waals surface area (Å²) in [5.41, 5.74) is 1.48. The summed E-state index contributed by atoms with van der Waals surface area (Å²) in [6.07, 6.45) is 1.55. The first kappa shape index (κ1) is 14.2. The molecule has 0 aliphatic rings. The number of aromatic nitrogens is 4. The van der Waals surface area contributed by atoms with Gasteiger partial charge in [-0.05, 0) is 25.1 Å². The van der Waals surface area contributed by atoms with E-state index in [1.54, 1.807) is 24.4 Å². The molecule has 7 heteroatoms. The van der Waals surface area contributed by atoms with Gasteiger partial charge in [-0.1, -0.05) is 23.7 Å². The zero-order chi connectivity index (χ0) is 15.7. The van der Waals surface area contributed by atoms with Gasteiger partial charge in [-0.3, -0.25) is 0 Å². The second-order valence-corrected chi connectivity index (χ2v) is 5.09. The highest BCUT2D eigenvalue weighted by molar-refractivity contribution is 6.30. The van der Waals surface area contributed by atoms with Crippen LogP contribution in [0.2, 0.25) is 5.02 Å². The molecule has 0 amide bonds. The summed E-state index contributed by atoms with van der Waals surface area (Å²) in [6, 6.07) is 10.4. The summed E-state index contributed by atoms with van der Waals surface area (Å²) in [5.74, 6) is -0.0838. The van der Waals surface area contributed by atoms with Crippen molar-refractivity contribution in [1.29, 1.82) is 0 Å². The van der Waals surface area contributed by atoms with Crippen LogP contribution in [-0.2, 0) is 0 Å². The Morgan fingerprint density at radius 1 is 1.23 bits per heavy atom. The molecule has 0 radical (unpaired) electrons. The summed E-state index contributed by atoms with van der Waals surface area (Å²) >= 11 is 5.99. The summed E-state index contributed by atoms with van der Waals surface area (Å²) in [4.78, 5) is 19.7. The highest BCUT2D eigenvalue weighted by Crippen LogP contribution is 2.21. The molecule has 2 aromatic heterocycles. The molecule has 0 atom stereocenters. The molecule has 0 spiro atoms. The molecule has 0 aliphatic heterocycles. The maximum atomic E-state index is 10.9. The van der Waals surface area contributed by atoms with Crippen molar-refractivity contribution in [1.82, 2.24) is 19.7 Å². The fourth-order valence-corrected chi connectivity index (χ4v) is 2.18. The molecule has 1 aromatic carbocycles. The fraction of sp³-hybridized carbons (Fsp3) is 0.0667. The molecule has 3 rings (SSSR count). The number of carbonyl (C=O) groups is 1. The number of hydrogen-bond acceptors (Lipinski definition) is 4. The monoisotopic (exact) mass is 314 g/mol. The second kappa shape index (κ2) is 5.57. The van der Waals surface area contributed by atoms with E-state index in [1.165, 1.54) is 10.7 Å². The van der Waals surface area contributed by atoms with E-state index < -0.39 is 5.97 Å². The maximum absolute atomic E-state index is 10.9. The van der Waals surface area contributed by atoms with Crippen LogP contribution in [0.1, 0.15) is 16.2 Å². The van der Waals surface area contributed by atoms with E-state index in [4.69, 9.17) is 16.7 Å². The van der Waals surface area contributed by atoms with Gasteiger partial charge < -0.3 is 5.11 Å². The Labute approximate surface area is 131 Å². The standard InChI is InChI=1S/C15H11ClN4O2/c1-9-7-13(20-6-5-12(19-20)15(21)22)18-14(17-9)10-3-2-4-11(16)8-10/h2-8H,1H3,(H,21,22). The van der Waals surface area contributed by atoms with Gasteiger partial charge in [0.1, 0.15) is 0 Å². The Hall–Kier alpha value is -2.73. The minimum Gasteiger partial charge on any atom is -0.476 e. The Morgan fingerprint density at radius 3 is 2.73 bits per heavy atom. The number of hydrogen-bond donors (Lipinski definition) is 1. The molecule has 0 saturated carbocycles. The van der Waals surface area contributed by atoms with Crippen molar-refractivity contribution >= 4 is 17.6 Å². The van der Waals surface area contributed by atoms with Crippen molar-refractivity contribution in [2.45, 2.75) is 6.92 Å². The number of carboxylic acids is 1. The van der Waals surface area contributed by atoms with Crippen molar-refractivity contribution in [2.24, 2.45) is 0 Å². The molecule has 2 heterocycles. The van der Waals surface area contributed by atoms with Crippen LogP contribution >= 0.6 is 11.6 Å². The van der Waals surface area contributed by atoms with E-state index in [-0.39, 0.29) is 5.69 Å². The minimum atomic E-state index is -1.08. The van der Waals surface area contributed by atoms with Crippen molar-refractivity contribution in [3.63, 3.8) is 0 Å². The zero-order valence-electron chi connectivity index (χ0n) is 11.6. The lowest BCUT2D eigenvalue weighted by atomic mass is 10.2. The van der Waals surface area contributed by atoms with Gasteiger partial charge in [0.05, 0.1) is 0 Å². The number of nitrogens with zero attached hydrogens (tertiary/aromatic N) is 4. The molecule has 0 saturated heterocycles. The highest BCUT2D eigenvalue weighted by atomic mass is 35.5. The molecule has 0 unspecified atom stereocenters. The van der Waals surface area contributed by atoms with Crippen molar-refractivity contribution in [2.75, 3.05) is 0 Å². The van der Waals surface area contributed by atoms with Gasteiger partial charge in [-0.2, -0.15) is 5.10 Å². The second-order valence-electron chi connectivity index (χ2n) is 4.65. The van der Waals surface area contributed by atoms with Gasteiger partial charge in [0.25, 0.3) is 0 Å². The number of aryl methyl sites for hydroxylation is 1.